The van der Waals surface area contributed by atoms with Crippen molar-refractivity contribution in [2.24, 2.45) is 0 Å². The fraction of sp³-hybridized carbons (Fsp3) is 0.333. The maximum absolute atomic E-state index is 5.77. The summed E-state index contributed by atoms with van der Waals surface area (Å²) in [5.41, 5.74) is 8.83. The van der Waals surface area contributed by atoms with Crippen LogP contribution >= 0.6 is 0 Å². The van der Waals surface area contributed by atoms with Crippen molar-refractivity contribution in [1.82, 2.24) is 15.2 Å². The fourth-order valence-corrected chi connectivity index (χ4v) is 1.35. The number of methoxy groups -OCH3 is 1. The Kier molecular flexibility index (Phi) is 2.09. The average Bonchev–Trinajstić information content (AvgIpc) is 2.51. The van der Waals surface area contributed by atoms with Gasteiger partial charge >= 0.3 is 0 Å². The van der Waals surface area contributed by atoms with Crippen LogP contribution < -0.4 is 5.73 Å². The number of ether oxygens (including phenoxy) is 1. The van der Waals surface area contributed by atoms with Crippen LogP contribution in [0.5, 0.6) is 0 Å². The molecule has 0 saturated carbocycles. The average molecular weight is 192 g/mol. The highest BCUT2D eigenvalue weighted by Gasteiger charge is 2.07. The third-order valence-electron chi connectivity index (χ3n) is 2.14. The number of aryl methyl sites for hydroxylation is 1. The van der Waals surface area contributed by atoms with Crippen LogP contribution in [0, 0.1) is 6.92 Å². The third-order valence-corrected chi connectivity index (χ3v) is 2.14. The Morgan fingerprint density at radius 3 is 3.07 bits per heavy atom. The number of rotatable bonds is 2. The lowest BCUT2D eigenvalue weighted by atomic mass is 10.2. The summed E-state index contributed by atoms with van der Waals surface area (Å²) < 4.78 is 5.02. The number of aromatic amines is 1. The molecular formula is C9H12N4O. The molecule has 2 aromatic heterocycles. The van der Waals surface area contributed by atoms with E-state index in [-0.39, 0.29) is 0 Å². The van der Waals surface area contributed by atoms with Gasteiger partial charge in [0.25, 0.3) is 0 Å². The quantitative estimate of drug-likeness (QED) is 0.744. The van der Waals surface area contributed by atoms with Gasteiger partial charge in [0.2, 0.25) is 0 Å². The smallest absolute Gasteiger partial charge is 0.181 e. The molecule has 2 rings (SSSR count). The van der Waals surface area contributed by atoms with Crippen molar-refractivity contribution >= 4 is 16.7 Å². The Labute approximate surface area is 81.3 Å². The van der Waals surface area contributed by atoms with E-state index in [1.165, 1.54) is 0 Å². The fourth-order valence-electron chi connectivity index (χ4n) is 1.35. The van der Waals surface area contributed by atoms with Crippen LogP contribution in [0.4, 0.5) is 5.69 Å². The zero-order valence-corrected chi connectivity index (χ0v) is 8.16. The van der Waals surface area contributed by atoms with E-state index in [4.69, 9.17) is 10.5 Å². The van der Waals surface area contributed by atoms with Crippen molar-refractivity contribution in [2.75, 3.05) is 12.8 Å². The molecule has 0 amide bonds. The molecule has 0 spiro atoms. The summed E-state index contributed by atoms with van der Waals surface area (Å²) in [5, 5.41) is 7.87. The number of hydrogen-bond donors (Lipinski definition) is 2. The highest BCUT2D eigenvalue weighted by molar-refractivity contribution is 5.81. The number of aromatic nitrogens is 3. The summed E-state index contributed by atoms with van der Waals surface area (Å²) >= 11 is 0. The van der Waals surface area contributed by atoms with Gasteiger partial charge in [0.15, 0.2) is 5.65 Å². The Morgan fingerprint density at radius 1 is 1.57 bits per heavy atom. The van der Waals surface area contributed by atoms with E-state index in [0.717, 1.165) is 16.8 Å². The third kappa shape index (κ3) is 1.31. The molecule has 5 heteroatoms. The lowest BCUT2D eigenvalue weighted by molar-refractivity contribution is 0.182. The zero-order valence-electron chi connectivity index (χ0n) is 8.16. The summed E-state index contributed by atoms with van der Waals surface area (Å²) in [7, 11) is 1.64. The molecule has 0 bridgehead atoms. The molecular weight excluding hydrogens is 180 g/mol. The number of pyridine rings is 1. The first kappa shape index (κ1) is 8.96. The molecule has 0 unspecified atom stereocenters. The van der Waals surface area contributed by atoms with Crippen molar-refractivity contribution in [1.29, 1.82) is 0 Å². The van der Waals surface area contributed by atoms with Gasteiger partial charge in [0.1, 0.15) is 0 Å². The molecule has 5 nitrogen and oxygen atoms in total. The van der Waals surface area contributed by atoms with E-state index < -0.39 is 0 Å². The van der Waals surface area contributed by atoms with Gasteiger partial charge in [-0.1, -0.05) is 0 Å². The largest absolute Gasteiger partial charge is 0.397 e. The van der Waals surface area contributed by atoms with E-state index in [1.54, 1.807) is 7.11 Å². The van der Waals surface area contributed by atoms with Gasteiger partial charge < -0.3 is 10.5 Å². The van der Waals surface area contributed by atoms with Gasteiger partial charge in [-0.2, -0.15) is 5.10 Å². The van der Waals surface area contributed by atoms with Crippen LogP contribution in [0.2, 0.25) is 0 Å². The number of nitrogens with one attached hydrogen (secondary N) is 1. The Bertz CT molecular complexity index is 463. The van der Waals surface area contributed by atoms with Crippen LogP contribution in [0.1, 0.15) is 11.4 Å². The second kappa shape index (κ2) is 3.26. The lowest BCUT2D eigenvalue weighted by Crippen LogP contribution is -1.93. The van der Waals surface area contributed by atoms with Crippen molar-refractivity contribution in [3.8, 4) is 0 Å². The lowest BCUT2D eigenvalue weighted by Gasteiger charge is -1.99. The number of nitrogens with zero attached hydrogens (tertiary/aromatic N) is 2. The van der Waals surface area contributed by atoms with E-state index >= 15 is 0 Å². The summed E-state index contributed by atoms with van der Waals surface area (Å²) in [4.78, 5) is 4.26. The van der Waals surface area contributed by atoms with Crippen molar-refractivity contribution < 1.29 is 4.74 Å². The van der Waals surface area contributed by atoms with E-state index in [9.17, 15) is 0 Å². The van der Waals surface area contributed by atoms with Gasteiger partial charge in [-0.15, -0.1) is 0 Å². The molecule has 2 aromatic rings. The maximum atomic E-state index is 5.77. The Morgan fingerprint density at radius 2 is 2.36 bits per heavy atom. The monoisotopic (exact) mass is 192 g/mol. The van der Waals surface area contributed by atoms with Gasteiger partial charge in [0, 0.05) is 12.5 Å². The zero-order chi connectivity index (χ0) is 10.1. The molecule has 0 aliphatic rings. The summed E-state index contributed by atoms with van der Waals surface area (Å²) in [6.07, 6.45) is 0. The minimum Gasteiger partial charge on any atom is -0.397 e. The minimum absolute atomic E-state index is 0.487. The van der Waals surface area contributed by atoms with Crippen LogP contribution in [-0.2, 0) is 11.3 Å². The van der Waals surface area contributed by atoms with Crippen molar-refractivity contribution in [2.45, 2.75) is 13.5 Å². The second-order valence-electron chi connectivity index (χ2n) is 3.17. The SMILES string of the molecule is COCc1[nH]nc2nc(C)c(N)cc12. The normalized spacial score (nSPS) is 11.0. The first-order valence-corrected chi connectivity index (χ1v) is 4.31. The molecule has 0 aromatic carbocycles. The molecule has 74 valence electrons. The topological polar surface area (TPSA) is 76.8 Å². The molecule has 0 aliphatic heterocycles. The van der Waals surface area contributed by atoms with Crippen LogP contribution in [-0.4, -0.2) is 22.3 Å². The first-order chi connectivity index (χ1) is 6.72. The predicted octanol–water partition coefficient (Wildman–Crippen LogP) is 0.995. The molecule has 2 heterocycles. The van der Waals surface area contributed by atoms with Gasteiger partial charge in [-0.3, -0.25) is 5.10 Å². The number of anilines is 1. The van der Waals surface area contributed by atoms with Crippen LogP contribution in [0.15, 0.2) is 6.07 Å². The summed E-state index contributed by atoms with van der Waals surface area (Å²) in [5.74, 6) is 0. The molecule has 0 fully saturated rings. The number of H-pyrrole nitrogens is 1. The van der Waals surface area contributed by atoms with Gasteiger partial charge in [-0.25, -0.2) is 4.98 Å². The Hall–Kier alpha value is -1.62. The number of hydrogen-bond acceptors (Lipinski definition) is 4. The maximum Gasteiger partial charge on any atom is 0.181 e. The second-order valence-corrected chi connectivity index (χ2v) is 3.17. The van der Waals surface area contributed by atoms with E-state index in [2.05, 4.69) is 15.2 Å². The van der Waals surface area contributed by atoms with Crippen LogP contribution in [0.3, 0.4) is 0 Å². The Balaban J connectivity index is 2.61. The molecule has 0 atom stereocenters. The molecule has 3 N–H and O–H groups in total. The van der Waals surface area contributed by atoms with Crippen LogP contribution in [0.25, 0.3) is 11.0 Å². The number of nitrogens with two attached hydrogens (primary N) is 1. The molecule has 0 aliphatic carbocycles. The molecule has 0 radical (unpaired) electrons. The number of nitrogen functional groups attached to an aromatic ring is 1. The van der Waals surface area contributed by atoms with Crippen molar-refractivity contribution in [3.05, 3.63) is 17.5 Å². The van der Waals surface area contributed by atoms with Crippen molar-refractivity contribution in [3.63, 3.8) is 0 Å². The highest BCUT2D eigenvalue weighted by atomic mass is 16.5. The standard InChI is InChI=1S/C9H12N4O/c1-5-7(10)3-6-8(4-14-2)12-13-9(6)11-5/h3H,4,10H2,1-2H3,(H,11,12,13). The van der Waals surface area contributed by atoms with Gasteiger partial charge in [-0.05, 0) is 13.0 Å². The molecule has 14 heavy (non-hydrogen) atoms. The van der Waals surface area contributed by atoms with E-state index in [0.29, 0.717) is 17.9 Å². The minimum atomic E-state index is 0.487. The highest BCUT2D eigenvalue weighted by Crippen LogP contribution is 2.19. The summed E-state index contributed by atoms with van der Waals surface area (Å²) in [6.45, 7) is 2.35. The summed E-state index contributed by atoms with van der Waals surface area (Å²) in [6, 6.07) is 1.87. The molecule has 0 saturated heterocycles. The van der Waals surface area contributed by atoms with E-state index in [1.807, 2.05) is 13.0 Å². The van der Waals surface area contributed by atoms with Gasteiger partial charge in [0.05, 0.1) is 23.7 Å². The predicted molar refractivity (Wildman–Crippen MR) is 53.8 cm³/mol. The number of fused-ring (bicyclic) bond motifs is 1. The first-order valence-electron chi connectivity index (χ1n) is 4.31.